The van der Waals surface area contributed by atoms with E-state index in [1.54, 1.807) is 0 Å². The highest BCUT2D eigenvalue weighted by atomic mass is 35.5. The number of aryl methyl sites for hydroxylation is 1. The fourth-order valence-corrected chi connectivity index (χ4v) is 2.30. The lowest BCUT2D eigenvalue weighted by atomic mass is 9.96. The Morgan fingerprint density at radius 2 is 2.21 bits per heavy atom. The van der Waals surface area contributed by atoms with Crippen LogP contribution in [0.3, 0.4) is 0 Å². The van der Waals surface area contributed by atoms with Crippen LogP contribution in [0.25, 0.3) is 0 Å². The molecule has 1 nitrogen and oxygen atoms in total. The predicted octanol–water partition coefficient (Wildman–Crippen LogP) is 3.46. The summed E-state index contributed by atoms with van der Waals surface area (Å²) < 4.78 is 0. The Hall–Kier alpha value is -0.530. The van der Waals surface area contributed by atoms with Crippen molar-refractivity contribution in [1.82, 2.24) is 5.32 Å². The Labute approximate surface area is 90.5 Å². The molecule has 0 radical (unpaired) electrons. The van der Waals surface area contributed by atoms with Crippen LogP contribution < -0.4 is 5.32 Å². The summed E-state index contributed by atoms with van der Waals surface area (Å²) >= 11 is 6.19. The average Bonchev–Trinajstić information content (AvgIpc) is 2.23. The van der Waals surface area contributed by atoms with Gasteiger partial charge in [0, 0.05) is 11.1 Å². The number of halogens is 1. The largest absolute Gasteiger partial charge is 0.310 e. The van der Waals surface area contributed by atoms with Gasteiger partial charge in [0.1, 0.15) is 0 Å². The molecule has 2 rings (SSSR count). The standard InChI is InChI=1S/C12H16ClN/c1-9-5-6-11(13)10(8-9)12-4-2-3-7-14-12/h5-6,8,12,14H,2-4,7H2,1H3/t12-/m0/s1. The van der Waals surface area contributed by atoms with Crippen LogP contribution in [0.1, 0.15) is 36.4 Å². The van der Waals surface area contributed by atoms with Crippen LogP contribution >= 0.6 is 11.6 Å². The summed E-state index contributed by atoms with van der Waals surface area (Å²) in [5, 5.41) is 4.42. The Morgan fingerprint density at radius 1 is 1.36 bits per heavy atom. The van der Waals surface area contributed by atoms with Gasteiger partial charge in [-0.3, -0.25) is 0 Å². The first-order valence-corrected chi connectivity index (χ1v) is 5.64. The van der Waals surface area contributed by atoms with Crippen molar-refractivity contribution in [2.24, 2.45) is 0 Å². The summed E-state index contributed by atoms with van der Waals surface area (Å²) in [6, 6.07) is 6.74. The van der Waals surface area contributed by atoms with Gasteiger partial charge in [0.05, 0.1) is 0 Å². The fourth-order valence-electron chi connectivity index (χ4n) is 2.05. The van der Waals surface area contributed by atoms with Crippen molar-refractivity contribution in [3.05, 3.63) is 34.3 Å². The van der Waals surface area contributed by atoms with Crippen LogP contribution in [0.15, 0.2) is 18.2 Å². The third kappa shape index (κ3) is 2.10. The van der Waals surface area contributed by atoms with Crippen LogP contribution in [0.2, 0.25) is 5.02 Å². The molecule has 76 valence electrons. The highest BCUT2D eigenvalue weighted by Gasteiger charge is 2.16. The van der Waals surface area contributed by atoms with Gasteiger partial charge >= 0.3 is 0 Å². The highest BCUT2D eigenvalue weighted by Crippen LogP contribution is 2.29. The number of hydrogen-bond donors (Lipinski definition) is 1. The first-order chi connectivity index (χ1) is 6.77. The third-order valence-corrected chi connectivity index (χ3v) is 3.18. The zero-order chi connectivity index (χ0) is 9.97. The van der Waals surface area contributed by atoms with Crippen molar-refractivity contribution in [1.29, 1.82) is 0 Å². The molecule has 0 aromatic heterocycles. The molecule has 0 amide bonds. The molecule has 1 atom stereocenters. The van der Waals surface area contributed by atoms with Crippen molar-refractivity contribution in [3.8, 4) is 0 Å². The van der Waals surface area contributed by atoms with Crippen LogP contribution in [-0.2, 0) is 0 Å². The van der Waals surface area contributed by atoms with E-state index in [0.717, 1.165) is 11.6 Å². The van der Waals surface area contributed by atoms with Gasteiger partial charge in [-0.2, -0.15) is 0 Å². The molecule has 0 bridgehead atoms. The Kier molecular flexibility index (Phi) is 3.09. The van der Waals surface area contributed by atoms with E-state index in [1.807, 2.05) is 6.07 Å². The quantitative estimate of drug-likeness (QED) is 0.747. The Balaban J connectivity index is 2.24. The zero-order valence-electron chi connectivity index (χ0n) is 8.52. The van der Waals surface area contributed by atoms with Gasteiger partial charge in [-0.05, 0) is 37.9 Å². The summed E-state index contributed by atoms with van der Waals surface area (Å²) in [7, 11) is 0. The minimum atomic E-state index is 0.469. The molecule has 1 aromatic carbocycles. The first kappa shape index (κ1) is 10.0. The van der Waals surface area contributed by atoms with E-state index < -0.39 is 0 Å². The second-order valence-corrected chi connectivity index (χ2v) is 4.43. The first-order valence-electron chi connectivity index (χ1n) is 5.27. The Bertz CT molecular complexity index is 316. The molecule has 0 aliphatic carbocycles. The average molecular weight is 210 g/mol. The molecule has 1 aliphatic rings. The van der Waals surface area contributed by atoms with Crippen LogP contribution in [0.5, 0.6) is 0 Å². The van der Waals surface area contributed by atoms with Crippen molar-refractivity contribution in [2.75, 3.05) is 6.54 Å². The van der Waals surface area contributed by atoms with Crippen molar-refractivity contribution in [3.63, 3.8) is 0 Å². The molecular weight excluding hydrogens is 194 g/mol. The van der Waals surface area contributed by atoms with Gasteiger partial charge in [0.2, 0.25) is 0 Å². The molecular formula is C12H16ClN. The summed E-state index contributed by atoms with van der Waals surface area (Å²) in [6.45, 7) is 3.23. The number of hydrogen-bond acceptors (Lipinski definition) is 1. The lowest BCUT2D eigenvalue weighted by molar-refractivity contribution is 0.412. The van der Waals surface area contributed by atoms with E-state index in [-0.39, 0.29) is 0 Å². The van der Waals surface area contributed by atoms with Gasteiger partial charge in [0.15, 0.2) is 0 Å². The summed E-state index contributed by atoms with van der Waals surface area (Å²) in [6.07, 6.45) is 3.81. The number of rotatable bonds is 1. The summed E-state index contributed by atoms with van der Waals surface area (Å²) in [4.78, 5) is 0. The summed E-state index contributed by atoms with van der Waals surface area (Å²) in [5.74, 6) is 0. The number of nitrogens with one attached hydrogen (secondary N) is 1. The lowest BCUT2D eigenvalue weighted by Gasteiger charge is -2.24. The molecule has 1 heterocycles. The van der Waals surface area contributed by atoms with Gasteiger partial charge in [0.25, 0.3) is 0 Å². The minimum absolute atomic E-state index is 0.469. The SMILES string of the molecule is Cc1ccc(Cl)c([C@@H]2CCCCN2)c1. The molecule has 1 saturated heterocycles. The van der Waals surface area contributed by atoms with E-state index in [9.17, 15) is 0 Å². The second-order valence-electron chi connectivity index (χ2n) is 4.03. The number of benzene rings is 1. The summed E-state index contributed by atoms with van der Waals surface area (Å²) in [5.41, 5.74) is 2.56. The van der Waals surface area contributed by atoms with E-state index in [0.29, 0.717) is 6.04 Å². The molecule has 0 spiro atoms. The van der Waals surface area contributed by atoms with Crippen molar-refractivity contribution >= 4 is 11.6 Å². The molecule has 0 saturated carbocycles. The minimum Gasteiger partial charge on any atom is -0.310 e. The molecule has 0 unspecified atom stereocenters. The maximum Gasteiger partial charge on any atom is 0.0453 e. The van der Waals surface area contributed by atoms with E-state index in [1.165, 1.54) is 30.4 Å². The van der Waals surface area contributed by atoms with Gasteiger partial charge in [-0.25, -0.2) is 0 Å². The monoisotopic (exact) mass is 209 g/mol. The van der Waals surface area contributed by atoms with Crippen LogP contribution in [0, 0.1) is 6.92 Å². The van der Waals surface area contributed by atoms with E-state index in [4.69, 9.17) is 11.6 Å². The van der Waals surface area contributed by atoms with Gasteiger partial charge in [-0.15, -0.1) is 0 Å². The maximum atomic E-state index is 6.19. The molecule has 2 heteroatoms. The molecule has 1 aliphatic heterocycles. The predicted molar refractivity (Wildman–Crippen MR) is 60.8 cm³/mol. The normalized spacial score (nSPS) is 22.3. The molecule has 14 heavy (non-hydrogen) atoms. The number of piperidine rings is 1. The lowest BCUT2D eigenvalue weighted by Crippen LogP contribution is -2.27. The third-order valence-electron chi connectivity index (χ3n) is 2.84. The molecule has 1 N–H and O–H groups in total. The van der Waals surface area contributed by atoms with E-state index in [2.05, 4.69) is 24.4 Å². The molecule has 1 fully saturated rings. The van der Waals surface area contributed by atoms with Crippen molar-refractivity contribution < 1.29 is 0 Å². The van der Waals surface area contributed by atoms with Crippen LogP contribution in [0.4, 0.5) is 0 Å². The Morgan fingerprint density at radius 3 is 2.93 bits per heavy atom. The maximum absolute atomic E-state index is 6.19. The topological polar surface area (TPSA) is 12.0 Å². The van der Waals surface area contributed by atoms with Crippen LogP contribution in [-0.4, -0.2) is 6.54 Å². The zero-order valence-corrected chi connectivity index (χ0v) is 9.27. The highest BCUT2D eigenvalue weighted by molar-refractivity contribution is 6.31. The molecule has 1 aromatic rings. The van der Waals surface area contributed by atoms with Crippen molar-refractivity contribution in [2.45, 2.75) is 32.2 Å². The van der Waals surface area contributed by atoms with Gasteiger partial charge in [-0.1, -0.05) is 35.7 Å². The smallest absolute Gasteiger partial charge is 0.0453 e. The van der Waals surface area contributed by atoms with E-state index >= 15 is 0 Å². The fraction of sp³-hybridized carbons (Fsp3) is 0.500. The second kappa shape index (κ2) is 4.33. The van der Waals surface area contributed by atoms with Gasteiger partial charge < -0.3 is 5.32 Å².